The summed E-state index contributed by atoms with van der Waals surface area (Å²) in [4.78, 5) is 7.72. The molecule has 0 saturated heterocycles. The minimum Gasteiger partial charge on any atom is -0.394 e. The number of oxime groups is 1. The van der Waals surface area contributed by atoms with E-state index in [0.717, 1.165) is 12.1 Å². The third-order valence-electron chi connectivity index (χ3n) is 3.80. The maximum atomic E-state index is 12.8. The number of fused-ring (bicyclic) bond motifs is 2. The first-order valence-electron chi connectivity index (χ1n) is 7.42. The Morgan fingerprint density at radius 3 is 2.64 bits per heavy atom. The monoisotopic (exact) mass is 401 g/mol. The van der Waals surface area contributed by atoms with Crippen molar-refractivity contribution in [3.63, 3.8) is 0 Å². The molecule has 2 heterocycles. The Bertz CT molecular complexity index is 878. The molecule has 0 aliphatic carbocycles. The molecule has 0 bridgehead atoms. The van der Waals surface area contributed by atoms with Crippen LogP contribution in [0, 0.1) is 0 Å². The molecule has 136 valence electrons. The van der Waals surface area contributed by atoms with Crippen molar-refractivity contribution in [1.82, 2.24) is 4.90 Å². The van der Waals surface area contributed by atoms with Crippen molar-refractivity contribution in [2.75, 3.05) is 38.6 Å². The molecule has 9 heteroatoms. The fourth-order valence-electron chi connectivity index (χ4n) is 2.46. The van der Waals surface area contributed by atoms with Gasteiger partial charge in [0, 0.05) is 35.5 Å². The van der Waals surface area contributed by atoms with E-state index in [-0.39, 0.29) is 17.3 Å². The zero-order valence-corrected chi connectivity index (χ0v) is 16.6. The second-order valence-corrected chi connectivity index (χ2v) is 8.40. The van der Waals surface area contributed by atoms with Crippen LogP contribution in [0.2, 0.25) is 0 Å². The van der Waals surface area contributed by atoms with Crippen LogP contribution in [0.15, 0.2) is 45.1 Å². The summed E-state index contributed by atoms with van der Waals surface area (Å²) in [5, 5.41) is 7.72. The molecule has 0 atom stereocenters. The molecule has 1 aliphatic rings. The third-order valence-corrected chi connectivity index (χ3v) is 6.51. The molecular formula is C16H20ClN3O3S2. The maximum absolute atomic E-state index is 12.8. The van der Waals surface area contributed by atoms with Crippen molar-refractivity contribution in [2.45, 2.75) is 4.90 Å². The number of sulfonamides is 1. The maximum Gasteiger partial charge on any atom is 0.265 e. The van der Waals surface area contributed by atoms with E-state index in [9.17, 15) is 8.42 Å². The van der Waals surface area contributed by atoms with Gasteiger partial charge in [0.1, 0.15) is 17.2 Å². The van der Waals surface area contributed by atoms with Gasteiger partial charge in [-0.1, -0.05) is 23.4 Å². The molecule has 2 aromatic rings. The standard InChI is InChI=1S/C16H19N3O3S2.ClH/c1-18(2)8-9-22-17-16-12-6-4-5-7-14(12)19(3)24(20,21)15-11-23-10-13(15)16;/h4-7,10-11H,8-9H2,1-3H3;1H/b17-16+;. The summed E-state index contributed by atoms with van der Waals surface area (Å²) >= 11 is 1.34. The van der Waals surface area contributed by atoms with Crippen LogP contribution in [-0.4, -0.2) is 53.3 Å². The summed E-state index contributed by atoms with van der Waals surface area (Å²) in [6.45, 7) is 1.16. The lowest BCUT2D eigenvalue weighted by Crippen LogP contribution is -2.26. The Kier molecular flexibility index (Phi) is 6.10. The van der Waals surface area contributed by atoms with Crippen LogP contribution in [0.5, 0.6) is 0 Å². The Balaban J connectivity index is 0.00000225. The summed E-state index contributed by atoms with van der Waals surface area (Å²) in [6, 6.07) is 7.32. The van der Waals surface area contributed by atoms with Gasteiger partial charge in [0.15, 0.2) is 0 Å². The summed E-state index contributed by atoms with van der Waals surface area (Å²) in [7, 11) is 1.86. The topological polar surface area (TPSA) is 62.2 Å². The molecule has 1 aromatic carbocycles. The van der Waals surface area contributed by atoms with Gasteiger partial charge in [-0.3, -0.25) is 4.31 Å². The number of benzene rings is 1. The van der Waals surface area contributed by atoms with Gasteiger partial charge in [-0.2, -0.15) is 11.3 Å². The van der Waals surface area contributed by atoms with Gasteiger partial charge in [0.05, 0.1) is 5.69 Å². The van der Waals surface area contributed by atoms with Gasteiger partial charge in [0.25, 0.3) is 10.0 Å². The fourth-order valence-corrected chi connectivity index (χ4v) is 5.03. The van der Waals surface area contributed by atoms with Crippen molar-refractivity contribution in [3.05, 3.63) is 46.2 Å². The predicted molar refractivity (Wildman–Crippen MR) is 104 cm³/mol. The Labute approximate surface area is 158 Å². The number of thiophene rings is 1. The number of likely N-dealkylation sites (N-methyl/N-ethyl adjacent to an activating group) is 1. The first-order chi connectivity index (χ1) is 11.4. The van der Waals surface area contributed by atoms with E-state index in [0.29, 0.717) is 23.6 Å². The van der Waals surface area contributed by atoms with Crippen LogP contribution >= 0.6 is 23.7 Å². The quantitative estimate of drug-likeness (QED) is 0.583. The molecule has 0 fully saturated rings. The smallest absolute Gasteiger partial charge is 0.265 e. The average molecular weight is 402 g/mol. The van der Waals surface area contributed by atoms with Crippen LogP contribution < -0.4 is 4.31 Å². The number of hydrogen-bond acceptors (Lipinski definition) is 6. The van der Waals surface area contributed by atoms with E-state index in [4.69, 9.17) is 4.84 Å². The summed E-state index contributed by atoms with van der Waals surface area (Å²) in [5.74, 6) is 0. The van der Waals surface area contributed by atoms with E-state index in [1.807, 2.05) is 37.2 Å². The zero-order valence-electron chi connectivity index (χ0n) is 14.2. The third kappa shape index (κ3) is 3.67. The summed E-state index contributed by atoms with van der Waals surface area (Å²) < 4.78 is 27.0. The molecule has 0 spiro atoms. The van der Waals surface area contributed by atoms with Gasteiger partial charge < -0.3 is 9.74 Å². The van der Waals surface area contributed by atoms with Gasteiger partial charge >= 0.3 is 0 Å². The predicted octanol–water partition coefficient (Wildman–Crippen LogP) is 2.64. The van der Waals surface area contributed by atoms with Gasteiger partial charge in [0.2, 0.25) is 0 Å². The molecule has 0 unspecified atom stereocenters. The average Bonchev–Trinajstić information content (AvgIpc) is 3.02. The lowest BCUT2D eigenvalue weighted by molar-refractivity contribution is 0.126. The first kappa shape index (κ1) is 19.7. The molecule has 3 rings (SSSR count). The molecule has 0 saturated carbocycles. The van der Waals surface area contributed by atoms with E-state index >= 15 is 0 Å². The SMILES string of the molecule is CN(C)CCO/N=C1\c2ccccc2N(C)S(=O)(=O)c2cscc21.Cl. The first-order valence-corrected chi connectivity index (χ1v) is 9.81. The molecule has 6 nitrogen and oxygen atoms in total. The molecule has 1 aromatic heterocycles. The number of halogens is 1. The van der Waals surface area contributed by atoms with Crippen LogP contribution in [0.1, 0.15) is 11.1 Å². The molecule has 0 amide bonds. The van der Waals surface area contributed by atoms with Gasteiger partial charge in [-0.05, 0) is 20.2 Å². The van der Waals surface area contributed by atoms with E-state index in [2.05, 4.69) is 5.16 Å². The molecule has 25 heavy (non-hydrogen) atoms. The van der Waals surface area contributed by atoms with Crippen LogP contribution in [0.3, 0.4) is 0 Å². The van der Waals surface area contributed by atoms with E-state index in [1.165, 1.54) is 15.6 Å². The fraction of sp³-hybridized carbons (Fsp3) is 0.312. The minimum atomic E-state index is -3.61. The Morgan fingerprint density at radius 1 is 1.20 bits per heavy atom. The normalized spacial score (nSPS) is 16.8. The van der Waals surface area contributed by atoms with Crippen molar-refractivity contribution in [1.29, 1.82) is 0 Å². The van der Waals surface area contributed by atoms with Crippen LogP contribution in [0.25, 0.3) is 0 Å². The minimum absolute atomic E-state index is 0. The Morgan fingerprint density at radius 2 is 1.92 bits per heavy atom. The van der Waals surface area contributed by atoms with Crippen molar-refractivity contribution in [3.8, 4) is 0 Å². The molecule has 0 N–H and O–H groups in total. The van der Waals surface area contributed by atoms with Crippen LogP contribution in [-0.2, 0) is 14.9 Å². The van der Waals surface area contributed by atoms with Crippen molar-refractivity contribution < 1.29 is 13.3 Å². The van der Waals surface area contributed by atoms with Crippen LogP contribution in [0.4, 0.5) is 5.69 Å². The van der Waals surface area contributed by atoms with Gasteiger partial charge in [-0.15, -0.1) is 12.4 Å². The highest BCUT2D eigenvalue weighted by Crippen LogP contribution is 2.36. The molecule has 1 aliphatic heterocycles. The highest BCUT2D eigenvalue weighted by atomic mass is 35.5. The second-order valence-electron chi connectivity index (χ2n) is 5.72. The summed E-state index contributed by atoms with van der Waals surface area (Å²) in [5.41, 5.74) is 2.47. The largest absolute Gasteiger partial charge is 0.394 e. The number of para-hydroxylation sites is 1. The molecule has 0 radical (unpaired) electrons. The summed E-state index contributed by atoms with van der Waals surface area (Å²) in [6.07, 6.45) is 0. The van der Waals surface area contributed by atoms with E-state index < -0.39 is 10.0 Å². The molecular weight excluding hydrogens is 382 g/mol. The lowest BCUT2D eigenvalue weighted by Gasteiger charge is -2.18. The number of rotatable bonds is 4. The Hall–Kier alpha value is -1.61. The highest BCUT2D eigenvalue weighted by molar-refractivity contribution is 7.93. The highest BCUT2D eigenvalue weighted by Gasteiger charge is 2.33. The van der Waals surface area contributed by atoms with Crippen molar-refractivity contribution in [2.24, 2.45) is 5.16 Å². The zero-order chi connectivity index (χ0) is 17.3. The second kappa shape index (κ2) is 7.74. The number of nitrogens with zero attached hydrogens (tertiary/aromatic N) is 3. The van der Waals surface area contributed by atoms with E-state index in [1.54, 1.807) is 23.9 Å². The van der Waals surface area contributed by atoms with Crippen molar-refractivity contribution >= 4 is 45.2 Å². The number of anilines is 1. The lowest BCUT2D eigenvalue weighted by atomic mass is 10.0. The number of hydrogen-bond donors (Lipinski definition) is 0. The van der Waals surface area contributed by atoms with Gasteiger partial charge in [-0.25, -0.2) is 8.42 Å².